The number of amides is 3. The fraction of sp³-hybridized carbons (Fsp3) is 0.172. The minimum atomic E-state index is -4.68. The van der Waals surface area contributed by atoms with E-state index < -0.39 is 58.0 Å². The molecule has 2 aliphatic heterocycles. The minimum Gasteiger partial charge on any atom is -0.324 e. The molecule has 3 aromatic carbocycles. The van der Waals surface area contributed by atoms with Gasteiger partial charge >= 0.3 is 11.0 Å². The Morgan fingerprint density at radius 1 is 0.955 bits per heavy atom. The van der Waals surface area contributed by atoms with E-state index in [1.54, 1.807) is 30.3 Å². The highest BCUT2D eigenvalue weighted by molar-refractivity contribution is 9.10. The highest BCUT2D eigenvalue weighted by Gasteiger charge is 2.57. The number of anilines is 2. The maximum Gasteiger partial charge on any atom is 0.416 e. The van der Waals surface area contributed by atoms with Crippen molar-refractivity contribution >= 4 is 91.3 Å². The normalized spacial score (nSPS) is 19.6. The van der Waals surface area contributed by atoms with E-state index >= 15 is 0 Å². The summed E-state index contributed by atoms with van der Waals surface area (Å²) >= 11 is 17.2. The number of nitrogens with zero attached hydrogens (tertiary/aromatic N) is 2. The molecule has 1 fully saturated rings. The van der Waals surface area contributed by atoms with Crippen LogP contribution in [-0.2, 0) is 27.1 Å². The van der Waals surface area contributed by atoms with E-state index in [9.17, 15) is 32.3 Å². The summed E-state index contributed by atoms with van der Waals surface area (Å²) in [6, 6.07) is 15.6. The zero-order valence-corrected chi connectivity index (χ0v) is 26.6. The Balaban J connectivity index is 1.40. The molecule has 3 amide bonds. The van der Waals surface area contributed by atoms with E-state index in [0.29, 0.717) is 30.6 Å². The van der Waals surface area contributed by atoms with Crippen LogP contribution < -0.4 is 15.1 Å². The van der Waals surface area contributed by atoms with Gasteiger partial charge in [0.25, 0.3) is 0 Å². The van der Waals surface area contributed by atoms with Gasteiger partial charge < -0.3 is 5.32 Å². The number of aromatic nitrogens is 1. The van der Waals surface area contributed by atoms with Crippen LogP contribution >= 0.6 is 62.2 Å². The molecule has 0 radical (unpaired) electrons. The SMILES string of the molecule is O=C(Cn1c2c(sc1=O)[C@H](c1cccc(Br)c1)C1C(=O)N(c3cccc(C(F)(F)F)c3)C(=O)C1S2)Nc1ccc(Cl)c(Cl)c1. The third-order valence-corrected chi connectivity index (χ3v) is 11.0. The minimum absolute atomic E-state index is 0.195. The number of hydrogen-bond acceptors (Lipinski definition) is 6. The summed E-state index contributed by atoms with van der Waals surface area (Å²) in [6.07, 6.45) is -4.68. The van der Waals surface area contributed by atoms with E-state index in [1.165, 1.54) is 22.8 Å². The highest BCUT2D eigenvalue weighted by Crippen LogP contribution is 2.54. The number of thiazole rings is 1. The van der Waals surface area contributed by atoms with Gasteiger partial charge in [-0.2, -0.15) is 13.2 Å². The first-order chi connectivity index (χ1) is 20.8. The zero-order valence-electron chi connectivity index (χ0n) is 21.9. The molecule has 0 bridgehead atoms. The highest BCUT2D eigenvalue weighted by atomic mass is 79.9. The summed E-state index contributed by atoms with van der Waals surface area (Å²) < 4.78 is 42.4. The molecule has 7 nitrogen and oxygen atoms in total. The van der Waals surface area contributed by atoms with Gasteiger partial charge in [0, 0.05) is 21.0 Å². The van der Waals surface area contributed by atoms with Crippen molar-refractivity contribution in [1.82, 2.24) is 4.57 Å². The molecule has 15 heteroatoms. The summed E-state index contributed by atoms with van der Waals surface area (Å²) in [6.45, 7) is -0.403. The third kappa shape index (κ3) is 5.60. The van der Waals surface area contributed by atoms with Gasteiger partial charge in [-0.05, 0) is 54.1 Å². The van der Waals surface area contributed by atoms with Crippen molar-refractivity contribution in [3.63, 3.8) is 0 Å². The first kappa shape index (κ1) is 30.9. The van der Waals surface area contributed by atoms with Crippen molar-refractivity contribution in [3.8, 4) is 0 Å². The van der Waals surface area contributed by atoms with Gasteiger partial charge in [-0.1, -0.05) is 80.4 Å². The molecule has 2 aliphatic rings. The molecule has 1 N–H and O–H groups in total. The maximum absolute atomic E-state index is 13.9. The monoisotopic (exact) mass is 741 g/mol. The molecular weight excluding hydrogens is 726 g/mol. The van der Waals surface area contributed by atoms with E-state index in [-0.39, 0.29) is 10.7 Å². The molecule has 0 saturated carbocycles. The molecule has 3 heterocycles. The van der Waals surface area contributed by atoms with Gasteiger partial charge in [0.2, 0.25) is 17.7 Å². The van der Waals surface area contributed by atoms with Gasteiger partial charge in [0.15, 0.2) is 0 Å². The van der Waals surface area contributed by atoms with Crippen LogP contribution in [0.25, 0.3) is 0 Å². The molecule has 4 aromatic rings. The molecule has 2 unspecified atom stereocenters. The average Bonchev–Trinajstić information content (AvgIpc) is 3.40. The number of hydrogen-bond donors (Lipinski definition) is 1. The lowest BCUT2D eigenvalue weighted by atomic mass is 9.83. The second-order valence-electron chi connectivity index (χ2n) is 9.96. The number of carbonyl (C=O) groups is 3. The molecular formula is C29H17BrCl2F3N3O4S2. The van der Waals surface area contributed by atoms with Crippen LogP contribution in [0.5, 0.6) is 0 Å². The Hall–Kier alpha value is -3.10. The number of fused-ring (bicyclic) bond motifs is 2. The molecule has 226 valence electrons. The van der Waals surface area contributed by atoms with E-state index in [1.807, 2.05) is 0 Å². The van der Waals surface area contributed by atoms with Crippen molar-refractivity contribution in [1.29, 1.82) is 0 Å². The fourth-order valence-corrected chi connectivity index (χ4v) is 8.80. The van der Waals surface area contributed by atoms with Crippen LogP contribution in [0.2, 0.25) is 10.0 Å². The van der Waals surface area contributed by atoms with Gasteiger partial charge in [0.05, 0.1) is 32.2 Å². The van der Waals surface area contributed by atoms with Crippen molar-refractivity contribution in [2.24, 2.45) is 5.92 Å². The molecule has 0 spiro atoms. The van der Waals surface area contributed by atoms with Gasteiger partial charge in [-0.25, -0.2) is 4.90 Å². The predicted octanol–water partition coefficient (Wildman–Crippen LogP) is 7.43. The topological polar surface area (TPSA) is 88.5 Å². The Morgan fingerprint density at radius 3 is 2.41 bits per heavy atom. The van der Waals surface area contributed by atoms with Gasteiger partial charge in [-0.15, -0.1) is 0 Å². The Kier molecular flexibility index (Phi) is 8.20. The number of rotatable bonds is 5. The van der Waals surface area contributed by atoms with Crippen molar-refractivity contribution in [3.05, 3.63) is 107 Å². The van der Waals surface area contributed by atoms with E-state index in [2.05, 4.69) is 21.2 Å². The lowest BCUT2D eigenvalue weighted by Crippen LogP contribution is -2.33. The van der Waals surface area contributed by atoms with Crippen molar-refractivity contribution in [2.45, 2.75) is 28.9 Å². The summed E-state index contributed by atoms with van der Waals surface area (Å²) in [5.74, 6) is -3.72. The predicted molar refractivity (Wildman–Crippen MR) is 167 cm³/mol. The smallest absolute Gasteiger partial charge is 0.324 e. The average molecular weight is 743 g/mol. The second-order valence-corrected chi connectivity index (χ2v) is 13.8. The Labute approximate surface area is 274 Å². The largest absolute Gasteiger partial charge is 0.416 e. The standard InChI is InChI=1S/C29H17BrCl2F3N3O4S2/c30-15-5-1-3-13(9-15)21-22-23(26(41)38(25(22)40)17-6-2-4-14(10-17)29(33,34)35)43-27-24(21)44-28(42)37(27)12-20(39)36-16-7-8-18(31)19(32)11-16/h1-11,21-23H,12H2,(H,36,39)/t21-,22?,23?/m1/s1. The third-order valence-electron chi connectivity index (χ3n) is 7.19. The van der Waals surface area contributed by atoms with Gasteiger partial charge in [0.1, 0.15) is 11.8 Å². The number of alkyl halides is 3. The number of nitrogens with one attached hydrogen (secondary N) is 1. The van der Waals surface area contributed by atoms with Crippen LogP contribution in [-0.4, -0.2) is 27.5 Å². The maximum atomic E-state index is 13.9. The first-order valence-electron chi connectivity index (χ1n) is 12.8. The molecule has 44 heavy (non-hydrogen) atoms. The zero-order chi connectivity index (χ0) is 31.5. The summed E-state index contributed by atoms with van der Waals surface area (Å²) in [4.78, 5) is 54.9. The first-order valence-corrected chi connectivity index (χ1v) is 16.0. The van der Waals surface area contributed by atoms with Crippen LogP contribution in [0.1, 0.15) is 21.9 Å². The lowest BCUT2D eigenvalue weighted by molar-refractivity contribution is -0.137. The Morgan fingerprint density at radius 2 is 1.70 bits per heavy atom. The van der Waals surface area contributed by atoms with Crippen molar-refractivity contribution < 1.29 is 27.6 Å². The molecule has 0 aliphatic carbocycles. The van der Waals surface area contributed by atoms with Gasteiger partial charge in [-0.3, -0.25) is 23.7 Å². The van der Waals surface area contributed by atoms with Crippen LogP contribution in [0, 0.1) is 5.92 Å². The lowest BCUT2D eigenvalue weighted by Gasteiger charge is -2.30. The number of halogens is 6. The van der Waals surface area contributed by atoms with E-state index in [4.69, 9.17) is 23.2 Å². The molecule has 3 atom stereocenters. The van der Waals surface area contributed by atoms with Crippen molar-refractivity contribution in [2.75, 3.05) is 10.2 Å². The molecule has 1 aromatic heterocycles. The summed E-state index contributed by atoms with van der Waals surface area (Å²) in [5, 5.41) is 2.46. The number of carbonyl (C=O) groups excluding carboxylic acids is 3. The molecule has 1 saturated heterocycles. The fourth-order valence-electron chi connectivity index (χ4n) is 5.31. The quantitative estimate of drug-likeness (QED) is 0.215. The van der Waals surface area contributed by atoms with E-state index in [0.717, 1.165) is 46.2 Å². The number of imide groups is 1. The number of thioether (sulfide) groups is 1. The molecule has 6 rings (SSSR count). The summed E-state index contributed by atoms with van der Waals surface area (Å²) in [7, 11) is 0. The van der Waals surface area contributed by atoms with Crippen LogP contribution in [0.15, 0.2) is 81.0 Å². The Bertz CT molecular complexity index is 1920. The number of benzene rings is 3. The van der Waals surface area contributed by atoms with Crippen LogP contribution in [0.4, 0.5) is 24.5 Å². The van der Waals surface area contributed by atoms with Crippen LogP contribution in [0.3, 0.4) is 0 Å². The summed E-state index contributed by atoms with van der Waals surface area (Å²) in [5.41, 5.74) is -0.214. The second kappa shape index (κ2) is 11.7.